The first-order valence-corrected chi connectivity index (χ1v) is 6.66. The molecule has 0 unspecified atom stereocenters. The molecule has 0 saturated carbocycles. The average Bonchev–Trinajstić information content (AvgIpc) is 2.37. The topological polar surface area (TPSA) is 73.9 Å². The number of carbonyl (C=O) groups excluding carboxylic acids is 2. The third-order valence-corrected chi connectivity index (χ3v) is 2.14. The lowest BCUT2D eigenvalue weighted by molar-refractivity contribution is -0.123. The molecule has 1 amide bonds. The van der Waals surface area contributed by atoms with Gasteiger partial charge in [0.15, 0.2) is 5.78 Å². The molecule has 0 heterocycles. The summed E-state index contributed by atoms with van der Waals surface area (Å²) in [5.41, 5.74) is 0. The van der Waals surface area contributed by atoms with Gasteiger partial charge >= 0.3 is 0 Å². The Bertz CT molecular complexity index is 245. The van der Waals surface area contributed by atoms with E-state index in [0.29, 0.717) is 46.0 Å². The number of ether oxygens (including phenoxy) is 3. The Hall–Kier alpha value is -0.980. The minimum Gasteiger partial charge on any atom is -0.382 e. The van der Waals surface area contributed by atoms with Crippen LogP contribution in [0.2, 0.25) is 0 Å². The van der Waals surface area contributed by atoms with Gasteiger partial charge in [0.1, 0.15) is 6.61 Å². The smallest absolute Gasteiger partial charge is 0.220 e. The van der Waals surface area contributed by atoms with Crippen molar-refractivity contribution >= 4 is 11.7 Å². The van der Waals surface area contributed by atoms with Crippen LogP contribution >= 0.6 is 0 Å². The average molecular weight is 275 g/mol. The molecule has 112 valence electrons. The fourth-order valence-corrected chi connectivity index (χ4v) is 1.27. The van der Waals surface area contributed by atoms with E-state index < -0.39 is 0 Å². The van der Waals surface area contributed by atoms with Crippen molar-refractivity contribution in [1.29, 1.82) is 0 Å². The Morgan fingerprint density at radius 1 is 1.00 bits per heavy atom. The predicted molar refractivity (Wildman–Crippen MR) is 71.1 cm³/mol. The molecule has 0 aliphatic carbocycles. The highest BCUT2D eigenvalue weighted by molar-refractivity contribution is 5.76. The fourth-order valence-electron chi connectivity index (χ4n) is 1.27. The molecule has 0 aromatic heterocycles. The van der Waals surface area contributed by atoms with E-state index in [4.69, 9.17) is 14.2 Å². The van der Waals surface area contributed by atoms with Crippen LogP contribution in [0.5, 0.6) is 0 Å². The van der Waals surface area contributed by atoms with Crippen LogP contribution in [0.1, 0.15) is 26.7 Å². The zero-order valence-electron chi connectivity index (χ0n) is 11.9. The van der Waals surface area contributed by atoms with E-state index in [2.05, 4.69) is 5.32 Å². The number of hydrogen-bond acceptors (Lipinski definition) is 5. The molecule has 0 aliphatic rings. The number of ketones is 1. The summed E-state index contributed by atoms with van der Waals surface area (Å²) in [7, 11) is 0. The van der Waals surface area contributed by atoms with Crippen molar-refractivity contribution in [2.45, 2.75) is 26.7 Å². The quantitative estimate of drug-likeness (QED) is 0.497. The zero-order valence-corrected chi connectivity index (χ0v) is 11.9. The number of nitrogens with one attached hydrogen (secondary N) is 1. The first-order valence-electron chi connectivity index (χ1n) is 6.66. The van der Waals surface area contributed by atoms with Crippen LogP contribution in [0.3, 0.4) is 0 Å². The molecule has 0 rings (SSSR count). The highest BCUT2D eigenvalue weighted by atomic mass is 16.5. The van der Waals surface area contributed by atoms with E-state index in [1.807, 2.05) is 6.92 Å². The van der Waals surface area contributed by atoms with Gasteiger partial charge in [-0.2, -0.15) is 0 Å². The normalized spacial score (nSPS) is 10.4. The Morgan fingerprint density at radius 2 is 1.74 bits per heavy atom. The minimum atomic E-state index is -0.000633. The fraction of sp³-hybridized carbons (Fsp3) is 0.846. The SMILES string of the molecule is CCOCCCC(=O)NCCOCCOCC(C)=O. The van der Waals surface area contributed by atoms with Crippen LogP contribution in [-0.2, 0) is 23.8 Å². The molecule has 19 heavy (non-hydrogen) atoms. The first-order chi connectivity index (χ1) is 9.16. The van der Waals surface area contributed by atoms with Gasteiger partial charge < -0.3 is 19.5 Å². The molecular weight excluding hydrogens is 250 g/mol. The summed E-state index contributed by atoms with van der Waals surface area (Å²) in [5.74, 6) is 0.00967. The van der Waals surface area contributed by atoms with E-state index in [-0.39, 0.29) is 18.3 Å². The van der Waals surface area contributed by atoms with Crippen molar-refractivity contribution in [2.24, 2.45) is 0 Å². The minimum absolute atomic E-state index is 0.000633. The molecule has 0 aromatic carbocycles. The second kappa shape index (κ2) is 13.5. The molecule has 1 N–H and O–H groups in total. The molecule has 0 radical (unpaired) electrons. The van der Waals surface area contributed by atoms with Crippen molar-refractivity contribution in [3.05, 3.63) is 0 Å². The van der Waals surface area contributed by atoms with Gasteiger partial charge in [0.25, 0.3) is 0 Å². The summed E-state index contributed by atoms with van der Waals surface area (Å²) in [6.45, 7) is 6.57. The van der Waals surface area contributed by atoms with E-state index in [9.17, 15) is 9.59 Å². The van der Waals surface area contributed by atoms with Crippen LogP contribution in [-0.4, -0.2) is 57.9 Å². The Labute approximate surface area is 114 Å². The molecule has 6 heteroatoms. The second-order valence-corrected chi connectivity index (χ2v) is 4.02. The Kier molecular flexibility index (Phi) is 12.8. The zero-order chi connectivity index (χ0) is 14.3. The summed E-state index contributed by atoms with van der Waals surface area (Å²) >= 11 is 0. The van der Waals surface area contributed by atoms with Crippen molar-refractivity contribution in [3.63, 3.8) is 0 Å². The lowest BCUT2D eigenvalue weighted by atomic mass is 10.3. The van der Waals surface area contributed by atoms with Crippen LogP contribution in [0, 0.1) is 0 Å². The van der Waals surface area contributed by atoms with E-state index in [0.717, 1.165) is 6.42 Å². The van der Waals surface area contributed by atoms with Crippen molar-refractivity contribution in [2.75, 3.05) is 46.2 Å². The van der Waals surface area contributed by atoms with E-state index in [1.54, 1.807) is 0 Å². The Balaban J connectivity index is 3.16. The molecule has 0 atom stereocenters. The third-order valence-electron chi connectivity index (χ3n) is 2.14. The van der Waals surface area contributed by atoms with Crippen LogP contribution in [0.4, 0.5) is 0 Å². The summed E-state index contributed by atoms with van der Waals surface area (Å²) in [4.78, 5) is 21.9. The highest BCUT2D eigenvalue weighted by Crippen LogP contribution is 1.90. The molecule has 0 fully saturated rings. The Morgan fingerprint density at radius 3 is 2.42 bits per heavy atom. The molecule has 0 spiro atoms. The number of carbonyl (C=O) groups is 2. The van der Waals surface area contributed by atoms with Gasteiger partial charge in [-0.1, -0.05) is 0 Å². The first kappa shape index (κ1) is 18.0. The van der Waals surface area contributed by atoms with Crippen molar-refractivity contribution in [1.82, 2.24) is 5.32 Å². The van der Waals surface area contributed by atoms with E-state index in [1.165, 1.54) is 6.92 Å². The molecule has 0 aromatic rings. The predicted octanol–water partition coefficient (Wildman–Crippen LogP) is 0.542. The largest absolute Gasteiger partial charge is 0.382 e. The van der Waals surface area contributed by atoms with Crippen molar-refractivity contribution in [3.8, 4) is 0 Å². The monoisotopic (exact) mass is 275 g/mol. The van der Waals surface area contributed by atoms with Gasteiger partial charge in [0, 0.05) is 26.2 Å². The molecule has 0 bridgehead atoms. The maximum Gasteiger partial charge on any atom is 0.220 e. The van der Waals surface area contributed by atoms with Gasteiger partial charge in [-0.25, -0.2) is 0 Å². The molecular formula is C13H25NO5. The van der Waals surface area contributed by atoms with Gasteiger partial charge in [0.2, 0.25) is 5.91 Å². The van der Waals surface area contributed by atoms with Gasteiger partial charge in [-0.3, -0.25) is 9.59 Å². The van der Waals surface area contributed by atoms with Gasteiger partial charge in [-0.15, -0.1) is 0 Å². The van der Waals surface area contributed by atoms with Gasteiger partial charge in [-0.05, 0) is 20.3 Å². The summed E-state index contributed by atoms with van der Waals surface area (Å²) < 4.78 is 15.4. The van der Waals surface area contributed by atoms with Crippen LogP contribution in [0.25, 0.3) is 0 Å². The highest BCUT2D eigenvalue weighted by Gasteiger charge is 2.00. The van der Waals surface area contributed by atoms with Gasteiger partial charge in [0.05, 0.1) is 19.8 Å². The molecule has 0 saturated heterocycles. The lowest BCUT2D eigenvalue weighted by Crippen LogP contribution is -2.27. The third kappa shape index (κ3) is 15.0. The molecule has 0 aliphatic heterocycles. The van der Waals surface area contributed by atoms with Crippen LogP contribution < -0.4 is 5.32 Å². The maximum atomic E-state index is 11.3. The van der Waals surface area contributed by atoms with Crippen LogP contribution in [0.15, 0.2) is 0 Å². The summed E-state index contributed by atoms with van der Waals surface area (Å²) in [5, 5.41) is 2.75. The number of Topliss-reactive ketones (excluding diaryl/α,β-unsaturated/α-hetero) is 1. The van der Waals surface area contributed by atoms with Crippen molar-refractivity contribution < 1.29 is 23.8 Å². The van der Waals surface area contributed by atoms with E-state index >= 15 is 0 Å². The number of rotatable bonds is 13. The standard InChI is InChI=1S/C13H25NO5/c1-3-17-7-4-5-13(16)14-6-8-18-9-10-19-11-12(2)15/h3-11H2,1-2H3,(H,14,16). The molecule has 6 nitrogen and oxygen atoms in total. The summed E-state index contributed by atoms with van der Waals surface area (Å²) in [6, 6.07) is 0. The maximum absolute atomic E-state index is 11.3. The lowest BCUT2D eigenvalue weighted by Gasteiger charge is -2.06. The number of amides is 1. The second-order valence-electron chi connectivity index (χ2n) is 4.02. The summed E-state index contributed by atoms with van der Waals surface area (Å²) in [6.07, 6.45) is 1.21. The number of hydrogen-bond donors (Lipinski definition) is 1.